The van der Waals surface area contributed by atoms with E-state index in [9.17, 15) is 9.59 Å². The quantitative estimate of drug-likeness (QED) is 0.724. The zero-order chi connectivity index (χ0) is 16.7. The van der Waals surface area contributed by atoms with E-state index >= 15 is 0 Å². The predicted octanol–water partition coefficient (Wildman–Crippen LogP) is 3.45. The van der Waals surface area contributed by atoms with Gasteiger partial charge in [0, 0.05) is 0 Å². The first kappa shape index (κ1) is 18.2. The average molecular weight is 306 g/mol. The van der Waals surface area contributed by atoms with E-state index in [1.54, 1.807) is 27.7 Å². The smallest absolute Gasteiger partial charge is 0.310 e. The Hall–Kier alpha value is -1.84. The van der Waals surface area contributed by atoms with Gasteiger partial charge in [0.1, 0.15) is 0 Å². The minimum Gasteiger partial charge on any atom is -0.463 e. The summed E-state index contributed by atoms with van der Waals surface area (Å²) in [6, 6.07) is 7.93. The topological polar surface area (TPSA) is 52.6 Å². The van der Waals surface area contributed by atoms with Crippen LogP contribution in [-0.2, 0) is 25.5 Å². The fourth-order valence-corrected chi connectivity index (χ4v) is 2.09. The second-order valence-corrected chi connectivity index (χ2v) is 6.12. The zero-order valence-electron chi connectivity index (χ0n) is 14.1. The zero-order valence-corrected chi connectivity index (χ0v) is 14.1. The number of carbonyl (C=O) groups is 2. The van der Waals surface area contributed by atoms with Crippen LogP contribution in [0.3, 0.4) is 0 Å². The summed E-state index contributed by atoms with van der Waals surface area (Å²) >= 11 is 0. The van der Waals surface area contributed by atoms with Gasteiger partial charge in [0.05, 0.1) is 24.5 Å². The number of esters is 2. The Balaban J connectivity index is 2.78. The van der Waals surface area contributed by atoms with E-state index in [-0.39, 0.29) is 30.6 Å². The van der Waals surface area contributed by atoms with Gasteiger partial charge < -0.3 is 9.47 Å². The summed E-state index contributed by atoms with van der Waals surface area (Å²) in [6.07, 6.45) is 0.124. The first-order chi connectivity index (χ1) is 10.3. The van der Waals surface area contributed by atoms with E-state index in [0.29, 0.717) is 6.42 Å². The van der Waals surface area contributed by atoms with E-state index in [1.165, 1.54) is 0 Å². The number of carbonyl (C=O) groups excluding carboxylic acids is 2. The van der Waals surface area contributed by atoms with Crippen LogP contribution in [0.4, 0.5) is 0 Å². The standard InChI is InChI=1S/C18H26O4/c1-12(2)21-17(19)11-16(18(20)22-13(3)4)10-15-8-6-14(5)7-9-15/h6-9,12-13,16H,10-11H2,1-5H3. The highest BCUT2D eigenvalue weighted by Gasteiger charge is 2.25. The monoisotopic (exact) mass is 306 g/mol. The lowest BCUT2D eigenvalue weighted by Crippen LogP contribution is -2.27. The lowest BCUT2D eigenvalue weighted by atomic mass is 9.95. The van der Waals surface area contributed by atoms with Crippen molar-refractivity contribution in [1.82, 2.24) is 0 Å². The lowest BCUT2D eigenvalue weighted by molar-refractivity contribution is -0.159. The van der Waals surface area contributed by atoms with Crippen LogP contribution < -0.4 is 0 Å². The number of hydrogen-bond donors (Lipinski definition) is 0. The number of hydrogen-bond acceptors (Lipinski definition) is 4. The molecule has 0 N–H and O–H groups in total. The van der Waals surface area contributed by atoms with Gasteiger partial charge in [-0.3, -0.25) is 9.59 Å². The van der Waals surface area contributed by atoms with Crippen molar-refractivity contribution in [2.24, 2.45) is 5.92 Å². The van der Waals surface area contributed by atoms with Crippen molar-refractivity contribution in [1.29, 1.82) is 0 Å². The minimum atomic E-state index is -0.517. The Morgan fingerprint density at radius 1 is 0.955 bits per heavy atom. The summed E-state index contributed by atoms with van der Waals surface area (Å²) in [7, 11) is 0. The molecule has 1 aromatic carbocycles. The van der Waals surface area contributed by atoms with Gasteiger partial charge in [-0.2, -0.15) is 0 Å². The van der Waals surface area contributed by atoms with Gasteiger partial charge >= 0.3 is 11.9 Å². The van der Waals surface area contributed by atoms with Crippen LogP contribution >= 0.6 is 0 Å². The normalized spacial score (nSPS) is 12.3. The molecular weight excluding hydrogens is 280 g/mol. The van der Waals surface area contributed by atoms with Crippen molar-refractivity contribution < 1.29 is 19.1 Å². The molecule has 0 saturated heterocycles. The fraction of sp³-hybridized carbons (Fsp3) is 0.556. The SMILES string of the molecule is Cc1ccc(CC(CC(=O)OC(C)C)C(=O)OC(C)C)cc1. The molecule has 0 aromatic heterocycles. The maximum atomic E-state index is 12.2. The summed E-state index contributed by atoms with van der Waals surface area (Å²) < 4.78 is 10.4. The van der Waals surface area contributed by atoms with Gasteiger partial charge in [-0.1, -0.05) is 29.8 Å². The molecule has 0 fully saturated rings. The third-order valence-electron chi connectivity index (χ3n) is 3.07. The molecule has 0 spiro atoms. The van der Waals surface area contributed by atoms with Crippen LogP contribution in [0.2, 0.25) is 0 Å². The highest BCUT2D eigenvalue weighted by atomic mass is 16.5. The van der Waals surface area contributed by atoms with Gasteiger partial charge in [-0.25, -0.2) is 0 Å². The molecule has 22 heavy (non-hydrogen) atoms. The largest absolute Gasteiger partial charge is 0.463 e. The maximum absolute atomic E-state index is 12.2. The van der Waals surface area contributed by atoms with Gasteiger partial charge in [0.25, 0.3) is 0 Å². The van der Waals surface area contributed by atoms with Crippen LogP contribution in [0.5, 0.6) is 0 Å². The molecule has 0 saturated carbocycles. The van der Waals surface area contributed by atoms with Crippen LogP contribution in [0, 0.1) is 12.8 Å². The Labute approximate surface area is 132 Å². The van der Waals surface area contributed by atoms with E-state index in [4.69, 9.17) is 9.47 Å². The Bertz CT molecular complexity index is 488. The second-order valence-electron chi connectivity index (χ2n) is 6.12. The molecule has 0 bridgehead atoms. The van der Waals surface area contributed by atoms with Gasteiger partial charge in [-0.15, -0.1) is 0 Å². The van der Waals surface area contributed by atoms with Crippen molar-refractivity contribution in [2.45, 2.75) is 59.7 Å². The summed E-state index contributed by atoms with van der Waals surface area (Å²) in [4.78, 5) is 24.1. The Morgan fingerprint density at radius 2 is 1.50 bits per heavy atom. The van der Waals surface area contributed by atoms with Gasteiger partial charge in [0.15, 0.2) is 0 Å². The molecule has 0 aliphatic carbocycles. The Morgan fingerprint density at radius 3 is 2.00 bits per heavy atom. The van der Waals surface area contributed by atoms with E-state index in [1.807, 2.05) is 31.2 Å². The van der Waals surface area contributed by atoms with Gasteiger partial charge in [0.2, 0.25) is 0 Å². The lowest BCUT2D eigenvalue weighted by Gasteiger charge is -2.18. The van der Waals surface area contributed by atoms with Crippen molar-refractivity contribution in [3.63, 3.8) is 0 Å². The Kier molecular flexibility index (Phi) is 7.09. The summed E-state index contributed by atoms with van der Waals surface area (Å²) in [6.45, 7) is 9.19. The van der Waals surface area contributed by atoms with Crippen molar-refractivity contribution in [3.05, 3.63) is 35.4 Å². The molecule has 1 unspecified atom stereocenters. The summed E-state index contributed by atoms with van der Waals surface area (Å²) in [5.41, 5.74) is 2.16. The number of aryl methyl sites for hydroxylation is 1. The third-order valence-corrected chi connectivity index (χ3v) is 3.07. The van der Waals surface area contributed by atoms with E-state index in [2.05, 4.69) is 0 Å². The van der Waals surface area contributed by atoms with Crippen LogP contribution in [0.25, 0.3) is 0 Å². The summed E-state index contributed by atoms with van der Waals surface area (Å²) in [5.74, 6) is -1.24. The molecule has 122 valence electrons. The fourth-order valence-electron chi connectivity index (χ4n) is 2.09. The first-order valence-electron chi connectivity index (χ1n) is 7.73. The number of benzene rings is 1. The molecule has 0 radical (unpaired) electrons. The molecule has 1 rings (SSSR count). The maximum Gasteiger partial charge on any atom is 0.310 e. The highest BCUT2D eigenvalue weighted by molar-refractivity contribution is 5.80. The molecular formula is C18H26O4. The van der Waals surface area contributed by atoms with Crippen molar-refractivity contribution >= 4 is 11.9 Å². The van der Waals surface area contributed by atoms with E-state index in [0.717, 1.165) is 11.1 Å². The van der Waals surface area contributed by atoms with Gasteiger partial charge in [-0.05, 0) is 46.6 Å². The average Bonchev–Trinajstić information content (AvgIpc) is 2.38. The molecule has 0 aliphatic rings. The van der Waals surface area contributed by atoms with Crippen LogP contribution in [0.15, 0.2) is 24.3 Å². The molecule has 0 amide bonds. The summed E-state index contributed by atoms with van der Waals surface area (Å²) in [5, 5.41) is 0. The molecule has 4 heteroatoms. The van der Waals surface area contributed by atoms with Crippen LogP contribution in [0.1, 0.15) is 45.2 Å². The molecule has 0 aliphatic heterocycles. The molecule has 1 atom stereocenters. The van der Waals surface area contributed by atoms with Crippen molar-refractivity contribution in [3.8, 4) is 0 Å². The molecule has 0 heterocycles. The number of rotatable bonds is 7. The van der Waals surface area contributed by atoms with E-state index < -0.39 is 5.92 Å². The predicted molar refractivity (Wildman–Crippen MR) is 85.4 cm³/mol. The first-order valence-corrected chi connectivity index (χ1v) is 7.73. The second kappa shape index (κ2) is 8.57. The minimum absolute atomic E-state index is 0.0393. The van der Waals surface area contributed by atoms with Crippen LogP contribution in [-0.4, -0.2) is 24.1 Å². The third kappa shape index (κ3) is 6.74. The number of ether oxygens (including phenoxy) is 2. The van der Waals surface area contributed by atoms with Crippen molar-refractivity contribution in [2.75, 3.05) is 0 Å². The molecule has 4 nitrogen and oxygen atoms in total. The molecule has 1 aromatic rings. The highest BCUT2D eigenvalue weighted by Crippen LogP contribution is 2.17.